The van der Waals surface area contributed by atoms with Crippen molar-refractivity contribution in [1.29, 1.82) is 0 Å². The SMILES string of the molecule is COc1c(C=C(F)c2ccc(NS(C)(=O)=O)cc2)cc(N2C(=O)CCNC2=O)cc1C(C)(C)C. The number of carbonyl (C=O) groups is 2. The van der Waals surface area contributed by atoms with Crippen LogP contribution in [0.4, 0.5) is 20.6 Å². The number of sulfonamides is 1. The van der Waals surface area contributed by atoms with Crippen LogP contribution in [0.1, 0.15) is 43.9 Å². The molecule has 182 valence electrons. The molecular weight excluding hydrogens is 461 g/mol. The molecule has 1 fully saturated rings. The van der Waals surface area contributed by atoms with Crippen LogP contribution >= 0.6 is 0 Å². The van der Waals surface area contributed by atoms with Crippen molar-refractivity contribution in [3.63, 3.8) is 0 Å². The number of nitrogens with zero attached hydrogens (tertiary/aromatic N) is 1. The first-order valence-electron chi connectivity index (χ1n) is 10.6. The molecule has 0 aliphatic carbocycles. The van der Waals surface area contributed by atoms with Gasteiger partial charge in [0.25, 0.3) is 0 Å². The van der Waals surface area contributed by atoms with E-state index in [1.54, 1.807) is 6.07 Å². The Hall–Kier alpha value is -3.40. The normalized spacial score (nSPS) is 15.2. The second-order valence-corrected chi connectivity index (χ2v) is 10.8. The van der Waals surface area contributed by atoms with E-state index in [-0.39, 0.29) is 24.4 Å². The second-order valence-electron chi connectivity index (χ2n) is 9.02. The van der Waals surface area contributed by atoms with Crippen molar-refractivity contribution in [3.05, 3.63) is 53.1 Å². The Morgan fingerprint density at radius 3 is 2.35 bits per heavy atom. The van der Waals surface area contributed by atoms with E-state index in [1.807, 2.05) is 20.8 Å². The van der Waals surface area contributed by atoms with E-state index >= 15 is 4.39 Å². The molecule has 0 atom stereocenters. The summed E-state index contributed by atoms with van der Waals surface area (Å²) in [6.45, 7) is 6.11. The molecular formula is C24H28FN3O5S. The number of halogens is 1. The molecule has 0 radical (unpaired) electrons. The van der Waals surface area contributed by atoms with E-state index in [0.29, 0.717) is 28.3 Å². The lowest BCUT2D eigenvalue weighted by atomic mass is 9.84. The fourth-order valence-corrected chi connectivity index (χ4v) is 4.19. The van der Waals surface area contributed by atoms with Gasteiger partial charge in [-0.25, -0.2) is 22.5 Å². The highest BCUT2D eigenvalue weighted by atomic mass is 32.2. The van der Waals surface area contributed by atoms with Gasteiger partial charge in [-0.2, -0.15) is 0 Å². The molecule has 0 bridgehead atoms. The number of carbonyl (C=O) groups excluding carboxylic acids is 2. The zero-order chi connectivity index (χ0) is 25.3. The molecule has 0 saturated carbocycles. The molecule has 1 aliphatic rings. The zero-order valence-electron chi connectivity index (χ0n) is 19.7. The Morgan fingerprint density at radius 2 is 1.82 bits per heavy atom. The first-order valence-corrected chi connectivity index (χ1v) is 12.5. The van der Waals surface area contributed by atoms with E-state index in [9.17, 15) is 18.0 Å². The third kappa shape index (κ3) is 5.74. The first-order chi connectivity index (χ1) is 15.8. The number of nitrogens with one attached hydrogen (secondary N) is 2. The smallest absolute Gasteiger partial charge is 0.328 e. The van der Waals surface area contributed by atoms with Crippen molar-refractivity contribution < 1.29 is 27.1 Å². The molecule has 1 aliphatic heterocycles. The number of imide groups is 1. The van der Waals surface area contributed by atoms with Crippen LogP contribution in [0.15, 0.2) is 36.4 Å². The molecule has 1 saturated heterocycles. The van der Waals surface area contributed by atoms with Crippen molar-refractivity contribution in [1.82, 2.24) is 5.32 Å². The topological polar surface area (TPSA) is 105 Å². The number of hydrogen-bond donors (Lipinski definition) is 2. The largest absolute Gasteiger partial charge is 0.496 e. The van der Waals surface area contributed by atoms with Crippen LogP contribution in [0, 0.1) is 0 Å². The summed E-state index contributed by atoms with van der Waals surface area (Å²) >= 11 is 0. The number of benzene rings is 2. The predicted molar refractivity (Wildman–Crippen MR) is 131 cm³/mol. The van der Waals surface area contributed by atoms with Crippen molar-refractivity contribution in [2.24, 2.45) is 0 Å². The molecule has 2 N–H and O–H groups in total. The lowest BCUT2D eigenvalue weighted by molar-refractivity contribution is -0.118. The van der Waals surface area contributed by atoms with E-state index in [4.69, 9.17) is 4.74 Å². The Balaban J connectivity index is 2.11. The molecule has 0 spiro atoms. The monoisotopic (exact) mass is 489 g/mol. The van der Waals surface area contributed by atoms with E-state index < -0.39 is 27.3 Å². The van der Waals surface area contributed by atoms with E-state index in [0.717, 1.165) is 11.2 Å². The van der Waals surface area contributed by atoms with E-state index in [1.165, 1.54) is 43.5 Å². The van der Waals surface area contributed by atoms with Gasteiger partial charge in [-0.3, -0.25) is 9.52 Å². The molecule has 3 rings (SSSR count). The summed E-state index contributed by atoms with van der Waals surface area (Å²) in [6, 6.07) is 8.51. The van der Waals surface area contributed by atoms with Gasteiger partial charge in [0.15, 0.2) is 0 Å². The Bertz CT molecular complexity index is 1230. The van der Waals surface area contributed by atoms with Crippen molar-refractivity contribution in [2.75, 3.05) is 29.5 Å². The average molecular weight is 490 g/mol. The van der Waals surface area contributed by atoms with Gasteiger partial charge in [0.1, 0.15) is 11.6 Å². The van der Waals surface area contributed by atoms with Crippen molar-refractivity contribution in [2.45, 2.75) is 32.6 Å². The Labute approximate surface area is 198 Å². The van der Waals surface area contributed by atoms with Crippen LogP contribution in [0.3, 0.4) is 0 Å². The maximum Gasteiger partial charge on any atom is 0.328 e. The fraction of sp³-hybridized carbons (Fsp3) is 0.333. The minimum absolute atomic E-state index is 0.163. The summed E-state index contributed by atoms with van der Waals surface area (Å²) in [6.07, 6.45) is 2.46. The fourth-order valence-electron chi connectivity index (χ4n) is 3.63. The van der Waals surface area contributed by atoms with Crippen LogP contribution < -0.4 is 19.7 Å². The number of ether oxygens (including phenoxy) is 1. The molecule has 0 aromatic heterocycles. The summed E-state index contributed by atoms with van der Waals surface area (Å²) in [5.74, 6) is -0.527. The summed E-state index contributed by atoms with van der Waals surface area (Å²) in [5.41, 5.74) is 1.46. The van der Waals surface area contributed by atoms with Gasteiger partial charge in [-0.05, 0) is 47.9 Å². The molecule has 0 unspecified atom stereocenters. The van der Waals surface area contributed by atoms with Gasteiger partial charge in [-0.1, -0.05) is 20.8 Å². The van der Waals surface area contributed by atoms with Crippen LogP contribution in [-0.4, -0.2) is 40.3 Å². The third-order valence-corrected chi connectivity index (χ3v) is 5.79. The summed E-state index contributed by atoms with van der Waals surface area (Å²) in [7, 11) is -1.97. The molecule has 2 aromatic rings. The summed E-state index contributed by atoms with van der Waals surface area (Å²) in [4.78, 5) is 26.0. The van der Waals surface area contributed by atoms with Crippen molar-refractivity contribution >= 4 is 45.2 Å². The van der Waals surface area contributed by atoms with Gasteiger partial charge in [0.05, 0.1) is 19.1 Å². The molecule has 8 nitrogen and oxygen atoms in total. The van der Waals surface area contributed by atoms with Crippen molar-refractivity contribution in [3.8, 4) is 5.75 Å². The lowest BCUT2D eigenvalue weighted by Crippen LogP contribution is -2.50. The van der Waals surface area contributed by atoms with Gasteiger partial charge >= 0.3 is 6.03 Å². The third-order valence-electron chi connectivity index (χ3n) is 5.19. The number of hydrogen-bond acceptors (Lipinski definition) is 5. The molecule has 34 heavy (non-hydrogen) atoms. The Kier molecular flexibility index (Phi) is 7.02. The summed E-state index contributed by atoms with van der Waals surface area (Å²) < 4.78 is 46.0. The van der Waals surface area contributed by atoms with Gasteiger partial charge in [0.2, 0.25) is 15.9 Å². The maximum atomic E-state index is 15.3. The highest BCUT2D eigenvalue weighted by molar-refractivity contribution is 7.92. The van der Waals surface area contributed by atoms with Gasteiger partial charge in [0, 0.05) is 35.3 Å². The van der Waals surface area contributed by atoms with Gasteiger partial charge < -0.3 is 10.1 Å². The van der Waals surface area contributed by atoms with Crippen LogP contribution in [0.2, 0.25) is 0 Å². The van der Waals surface area contributed by atoms with E-state index in [2.05, 4.69) is 10.0 Å². The molecule has 2 aromatic carbocycles. The zero-order valence-corrected chi connectivity index (χ0v) is 20.5. The molecule has 3 amide bonds. The average Bonchev–Trinajstić information content (AvgIpc) is 2.72. The van der Waals surface area contributed by atoms with Crippen LogP contribution in [0.25, 0.3) is 11.9 Å². The van der Waals surface area contributed by atoms with Crippen LogP contribution in [0.5, 0.6) is 5.75 Å². The molecule has 10 heteroatoms. The quantitative estimate of drug-likeness (QED) is 0.590. The van der Waals surface area contributed by atoms with Crippen LogP contribution in [-0.2, 0) is 20.2 Å². The standard InChI is InChI=1S/C24H28FN3O5S/c1-24(2,3)19-14-18(28-21(29)10-11-26-23(28)30)12-16(22(19)33-4)13-20(25)15-6-8-17(9-7-15)27-34(5,31)32/h6-9,12-14,27H,10-11H2,1-5H3,(H,26,30). The predicted octanol–water partition coefficient (Wildman–Crippen LogP) is 4.28. The highest BCUT2D eigenvalue weighted by Gasteiger charge is 2.30. The molecule has 1 heterocycles. The highest BCUT2D eigenvalue weighted by Crippen LogP contribution is 2.40. The number of anilines is 2. The number of methoxy groups -OCH3 is 1. The minimum Gasteiger partial charge on any atom is -0.496 e. The Morgan fingerprint density at radius 1 is 1.18 bits per heavy atom. The van der Waals surface area contributed by atoms with Gasteiger partial charge in [-0.15, -0.1) is 0 Å². The first kappa shape index (κ1) is 25.2. The minimum atomic E-state index is -3.45. The second kappa shape index (κ2) is 9.46. The summed E-state index contributed by atoms with van der Waals surface area (Å²) in [5, 5.41) is 2.65. The maximum absolute atomic E-state index is 15.3. The number of amides is 3. The number of rotatable bonds is 6. The number of urea groups is 1. The lowest BCUT2D eigenvalue weighted by Gasteiger charge is -2.29.